The molecule has 1 aliphatic heterocycles. The number of hydrogen-bond donors (Lipinski definition) is 2. The van der Waals surface area contributed by atoms with Gasteiger partial charge in [-0.1, -0.05) is 36.4 Å². The Balaban J connectivity index is 1.58. The summed E-state index contributed by atoms with van der Waals surface area (Å²) < 4.78 is 22.2. The van der Waals surface area contributed by atoms with Crippen LogP contribution >= 0.6 is 0 Å². The topological polar surface area (TPSA) is 127 Å². The molecule has 0 unspecified atom stereocenters. The van der Waals surface area contributed by atoms with Crippen molar-refractivity contribution in [3.05, 3.63) is 105 Å². The number of primary amides is 1. The number of amides is 1. The van der Waals surface area contributed by atoms with Crippen molar-refractivity contribution < 1.29 is 18.7 Å². The van der Waals surface area contributed by atoms with E-state index in [-0.39, 0.29) is 23.1 Å². The molecule has 0 radical (unpaired) electrons. The number of carbonyl (C=O) groups is 1. The molecule has 1 atom stereocenters. The van der Waals surface area contributed by atoms with Gasteiger partial charge in [0.2, 0.25) is 17.6 Å². The molecule has 1 aliphatic rings. The highest BCUT2D eigenvalue weighted by molar-refractivity contribution is 5.93. The highest BCUT2D eigenvalue weighted by Gasteiger charge is 2.34. The van der Waals surface area contributed by atoms with Crippen molar-refractivity contribution in [1.29, 1.82) is 0 Å². The predicted octanol–water partition coefficient (Wildman–Crippen LogP) is 3.68. The number of benzene rings is 3. The zero-order valence-corrected chi connectivity index (χ0v) is 20.3. The largest absolute Gasteiger partial charge is 0.501 e. The fourth-order valence-electron chi connectivity index (χ4n) is 4.97. The molecule has 0 aliphatic carbocycles. The van der Waals surface area contributed by atoms with E-state index in [2.05, 4.69) is 9.97 Å². The summed E-state index contributed by atoms with van der Waals surface area (Å²) in [5, 5.41) is 10.7. The number of para-hydroxylation sites is 2. The van der Waals surface area contributed by atoms with Gasteiger partial charge in [-0.15, -0.1) is 0 Å². The number of aromatic nitrogens is 3. The summed E-state index contributed by atoms with van der Waals surface area (Å²) in [5.41, 5.74) is 7.94. The molecule has 3 aromatic carbocycles. The third kappa shape index (κ3) is 3.69. The minimum Gasteiger partial charge on any atom is -0.501 e. The Kier molecular flexibility index (Phi) is 5.45. The number of hydrogen-bond acceptors (Lipinski definition) is 7. The normalized spacial score (nSPS) is 15.0. The van der Waals surface area contributed by atoms with Crippen LogP contribution in [0.4, 0.5) is 10.3 Å². The predicted molar refractivity (Wildman–Crippen MR) is 138 cm³/mol. The number of halogens is 1. The molecule has 0 spiro atoms. The highest BCUT2D eigenvalue weighted by Crippen LogP contribution is 2.40. The van der Waals surface area contributed by atoms with Crippen LogP contribution in [-0.2, 0) is 13.5 Å². The second-order valence-corrected chi connectivity index (χ2v) is 9.11. The van der Waals surface area contributed by atoms with E-state index in [0.717, 1.165) is 5.56 Å². The van der Waals surface area contributed by atoms with Gasteiger partial charge in [-0.25, -0.2) is 14.4 Å². The lowest BCUT2D eigenvalue weighted by Gasteiger charge is -2.39. The van der Waals surface area contributed by atoms with Gasteiger partial charge >= 0.3 is 0 Å². The minimum atomic E-state index is -0.738. The molecule has 0 bridgehead atoms. The molecule has 2 aromatic heterocycles. The van der Waals surface area contributed by atoms with E-state index in [4.69, 9.17) is 10.2 Å². The maximum absolute atomic E-state index is 15.3. The number of aromatic hydroxyl groups is 1. The number of nitrogens with zero attached hydrogens (tertiary/aromatic N) is 4. The number of oxazole rings is 1. The molecule has 9 nitrogen and oxygen atoms in total. The Morgan fingerprint density at radius 1 is 1.08 bits per heavy atom. The van der Waals surface area contributed by atoms with Crippen LogP contribution < -0.4 is 16.2 Å². The Morgan fingerprint density at radius 2 is 1.84 bits per heavy atom. The number of fused-ring (bicyclic) bond motifs is 2. The molecular formula is C28H22FN5O4. The summed E-state index contributed by atoms with van der Waals surface area (Å²) >= 11 is 0. The van der Waals surface area contributed by atoms with Crippen molar-refractivity contribution in [1.82, 2.24) is 14.5 Å². The average Bonchev–Trinajstić information content (AvgIpc) is 3.35. The molecule has 0 fully saturated rings. The van der Waals surface area contributed by atoms with Crippen LogP contribution in [0.5, 0.6) is 5.75 Å². The molecule has 6 rings (SSSR count). The maximum Gasteiger partial charge on any atom is 0.297 e. The fraction of sp³-hybridized carbons (Fsp3) is 0.143. The summed E-state index contributed by atoms with van der Waals surface area (Å²) in [6.07, 6.45) is 0.536. The minimum absolute atomic E-state index is 0.0153. The second-order valence-electron chi connectivity index (χ2n) is 9.11. The molecule has 1 amide bonds. The number of rotatable bonds is 4. The molecular weight excluding hydrogens is 489 g/mol. The summed E-state index contributed by atoms with van der Waals surface area (Å²) in [6.45, 7) is 0.375. The van der Waals surface area contributed by atoms with Gasteiger partial charge < -0.3 is 20.2 Å². The molecule has 190 valence electrons. The maximum atomic E-state index is 15.3. The van der Waals surface area contributed by atoms with Gasteiger partial charge in [0.1, 0.15) is 11.3 Å². The molecule has 0 saturated carbocycles. The number of anilines is 1. The quantitative estimate of drug-likeness (QED) is 0.377. The van der Waals surface area contributed by atoms with Crippen molar-refractivity contribution in [2.75, 3.05) is 11.4 Å². The van der Waals surface area contributed by atoms with E-state index in [0.29, 0.717) is 35.2 Å². The van der Waals surface area contributed by atoms with Gasteiger partial charge in [0, 0.05) is 24.7 Å². The smallest absolute Gasteiger partial charge is 0.297 e. The lowest BCUT2D eigenvalue weighted by atomic mass is 9.86. The summed E-state index contributed by atoms with van der Waals surface area (Å²) in [4.78, 5) is 36.0. The van der Waals surface area contributed by atoms with Crippen LogP contribution in [0.2, 0.25) is 0 Å². The molecule has 3 N–H and O–H groups in total. The first-order valence-electron chi connectivity index (χ1n) is 11.9. The fourth-order valence-corrected chi connectivity index (χ4v) is 4.97. The van der Waals surface area contributed by atoms with Gasteiger partial charge in [-0.3, -0.25) is 14.2 Å². The second kappa shape index (κ2) is 8.84. The van der Waals surface area contributed by atoms with E-state index in [1.807, 2.05) is 6.07 Å². The van der Waals surface area contributed by atoms with Crippen LogP contribution in [0.25, 0.3) is 22.7 Å². The summed E-state index contributed by atoms with van der Waals surface area (Å²) in [6, 6.07) is 17.7. The average molecular weight is 512 g/mol. The molecule has 38 heavy (non-hydrogen) atoms. The van der Waals surface area contributed by atoms with Crippen molar-refractivity contribution in [2.24, 2.45) is 12.8 Å². The van der Waals surface area contributed by atoms with Crippen molar-refractivity contribution in [2.45, 2.75) is 12.5 Å². The van der Waals surface area contributed by atoms with Crippen LogP contribution in [0.15, 0.2) is 75.9 Å². The Labute approximate surface area is 215 Å². The third-order valence-corrected chi connectivity index (χ3v) is 6.86. The van der Waals surface area contributed by atoms with Crippen LogP contribution in [-0.4, -0.2) is 32.1 Å². The first kappa shape index (κ1) is 23.4. The third-order valence-electron chi connectivity index (χ3n) is 6.86. The summed E-state index contributed by atoms with van der Waals surface area (Å²) in [7, 11) is 1.48. The number of carbonyl (C=O) groups excluding carboxylic acids is 1. The van der Waals surface area contributed by atoms with Crippen molar-refractivity contribution in [3.8, 4) is 17.3 Å². The zero-order valence-electron chi connectivity index (χ0n) is 20.3. The lowest BCUT2D eigenvalue weighted by Crippen LogP contribution is -2.40. The van der Waals surface area contributed by atoms with E-state index in [9.17, 15) is 14.7 Å². The van der Waals surface area contributed by atoms with Crippen molar-refractivity contribution >= 4 is 23.0 Å². The van der Waals surface area contributed by atoms with Crippen LogP contribution in [0.3, 0.4) is 0 Å². The van der Waals surface area contributed by atoms with Crippen molar-refractivity contribution in [3.63, 3.8) is 0 Å². The van der Waals surface area contributed by atoms with Gasteiger partial charge in [-0.05, 0) is 47.9 Å². The molecule has 0 saturated heterocycles. The monoisotopic (exact) mass is 511 g/mol. The Morgan fingerprint density at radius 3 is 2.61 bits per heavy atom. The zero-order chi connectivity index (χ0) is 26.6. The molecule has 10 heteroatoms. The first-order valence-corrected chi connectivity index (χ1v) is 11.9. The Bertz CT molecular complexity index is 1760. The standard InChI is InChI=1S/C28H22FN5O4/c1-33-27(37)24(35)22(26-31-20-8-4-5-9-21(20)38-26)32-28(33)34-13-12-15-10-11-16(25(30)36)14-18(15)23(34)17-6-2-3-7-19(17)29/h2-11,14,23,35H,12-13H2,1H3,(H2,30,36)/t23-/m0/s1. The van der Waals surface area contributed by atoms with E-state index >= 15 is 4.39 Å². The Hall–Kier alpha value is -4.99. The van der Waals surface area contributed by atoms with E-state index < -0.39 is 29.1 Å². The van der Waals surface area contributed by atoms with Crippen LogP contribution in [0, 0.1) is 5.82 Å². The molecule has 5 aromatic rings. The summed E-state index contributed by atoms with van der Waals surface area (Å²) in [5.74, 6) is -1.51. The number of nitrogens with two attached hydrogens (primary N) is 1. The highest BCUT2D eigenvalue weighted by atomic mass is 19.1. The SMILES string of the molecule is Cn1c(N2CCc3ccc(C(N)=O)cc3[C@@H]2c2ccccc2F)nc(-c2nc3ccccc3o2)c(O)c1=O. The molecule has 3 heterocycles. The lowest BCUT2D eigenvalue weighted by molar-refractivity contribution is 0.1000. The van der Waals surface area contributed by atoms with Gasteiger partial charge in [0.25, 0.3) is 11.4 Å². The van der Waals surface area contributed by atoms with Crippen LogP contribution in [0.1, 0.15) is 33.1 Å². The van der Waals surface area contributed by atoms with E-state index in [1.54, 1.807) is 59.5 Å². The van der Waals surface area contributed by atoms with Gasteiger partial charge in [-0.2, -0.15) is 0 Å². The van der Waals surface area contributed by atoms with Gasteiger partial charge in [0.15, 0.2) is 11.3 Å². The first-order chi connectivity index (χ1) is 18.3. The van der Waals surface area contributed by atoms with E-state index in [1.165, 1.54) is 17.7 Å². The van der Waals surface area contributed by atoms with Gasteiger partial charge in [0.05, 0.1) is 6.04 Å².